The SMILES string of the molecule is Cn1nnc(C(=O)C2CCCC2=O)n1. The van der Waals surface area contributed by atoms with Crippen LogP contribution < -0.4 is 0 Å². The lowest BCUT2D eigenvalue weighted by Gasteiger charge is -2.00. The van der Waals surface area contributed by atoms with Crippen molar-refractivity contribution in [1.29, 1.82) is 0 Å². The lowest BCUT2D eigenvalue weighted by Crippen LogP contribution is -2.20. The van der Waals surface area contributed by atoms with Crippen LogP contribution in [0.1, 0.15) is 29.9 Å². The molecular formula is C8H10N4O2. The normalized spacial score (nSPS) is 21.5. The van der Waals surface area contributed by atoms with E-state index in [1.807, 2.05) is 0 Å². The van der Waals surface area contributed by atoms with Crippen molar-refractivity contribution in [1.82, 2.24) is 20.2 Å². The van der Waals surface area contributed by atoms with Gasteiger partial charge in [0.2, 0.25) is 11.6 Å². The minimum Gasteiger partial charge on any atom is -0.299 e. The number of aryl methyl sites for hydroxylation is 1. The summed E-state index contributed by atoms with van der Waals surface area (Å²) in [6.45, 7) is 0. The average molecular weight is 194 g/mol. The average Bonchev–Trinajstić information content (AvgIpc) is 2.73. The van der Waals surface area contributed by atoms with Crippen LogP contribution in [0.4, 0.5) is 0 Å². The van der Waals surface area contributed by atoms with E-state index in [2.05, 4.69) is 15.4 Å². The first-order valence-corrected chi connectivity index (χ1v) is 4.49. The second-order valence-electron chi connectivity index (χ2n) is 3.38. The van der Waals surface area contributed by atoms with Gasteiger partial charge in [0, 0.05) is 6.42 Å². The molecule has 0 saturated heterocycles. The summed E-state index contributed by atoms with van der Waals surface area (Å²) >= 11 is 0. The van der Waals surface area contributed by atoms with Crippen LogP contribution in [0.15, 0.2) is 0 Å². The third-order valence-electron chi connectivity index (χ3n) is 2.35. The zero-order chi connectivity index (χ0) is 10.1. The molecule has 1 aromatic rings. The molecule has 0 spiro atoms. The highest BCUT2D eigenvalue weighted by Crippen LogP contribution is 2.23. The Labute approximate surface area is 80.3 Å². The van der Waals surface area contributed by atoms with Crippen molar-refractivity contribution in [2.24, 2.45) is 13.0 Å². The van der Waals surface area contributed by atoms with Crippen LogP contribution in [0.25, 0.3) is 0 Å². The fourth-order valence-corrected chi connectivity index (χ4v) is 1.63. The molecule has 1 aliphatic carbocycles. The van der Waals surface area contributed by atoms with Crippen LogP contribution in [0.5, 0.6) is 0 Å². The van der Waals surface area contributed by atoms with Gasteiger partial charge in [0.25, 0.3) is 0 Å². The number of nitrogens with zero attached hydrogens (tertiary/aromatic N) is 4. The number of carbonyl (C=O) groups excluding carboxylic acids is 2. The summed E-state index contributed by atoms with van der Waals surface area (Å²) in [6.07, 6.45) is 1.90. The number of rotatable bonds is 2. The van der Waals surface area contributed by atoms with E-state index >= 15 is 0 Å². The van der Waals surface area contributed by atoms with Gasteiger partial charge in [-0.1, -0.05) is 0 Å². The first kappa shape index (κ1) is 8.98. The van der Waals surface area contributed by atoms with Gasteiger partial charge in [-0.15, -0.1) is 10.2 Å². The molecule has 1 aliphatic rings. The van der Waals surface area contributed by atoms with E-state index in [1.165, 1.54) is 4.80 Å². The summed E-state index contributed by atoms with van der Waals surface area (Å²) in [4.78, 5) is 24.2. The maximum atomic E-state index is 11.7. The van der Waals surface area contributed by atoms with E-state index in [9.17, 15) is 9.59 Å². The molecule has 1 heterocycles. The van der Waals surface area contributed by atoms with E-state index in [-0.39, 0.29) is 17.4 Å². The number of ketones is 2. The van der Waals surface area contributed by atoms with Crippen molar-refractivity contribution >= 4 is 11.6 Å². The van der Waals surface area contributed by atoms with E-state index in [0.717, 1.165) is 6.42 Å². The highest BCUT2D eigenvalue weighted by Gasteiger charge is 2.33. The maximum absolute atomic E-state index is 11.7. The Morgan fingerprint density at radius 3 is 2.86 bits per heavy atom. The Morgan fingerprint density at radius 1 is 1.57 bits per heavy atom. The smallest absolute Gasteiger partial charge is 0.241 e. The highest BCUT2D eigenvalue weighted by molar-refractivity contribution is 6.09. The first-order valence-electron chi connectivity index (χ1n) is 4.49. The van der Waals surface area contributed by atoms with Crippen molar-refractivity contribution in [2.45, 2.75) is 19.3 Å². The van der Waals surface area contributed by atoms with Crippen molar-refractivity contribution in [3.8, 4) is 0 Å². The van der Waals surface area contributed by atoms with E-state index in [0.29, 0.717) is 12.8 Å². The molecule has 1 saturated carbocycles. The second-order valence-corrected chi connectivity index (χ2v) is 3.38. The Bertz CT molecular complexity index is 384. The standard InChI is InChI=1S/C8H10N4O2/c1-12-10-8(9-11-12)7(14)5-3-2-4-6(5)13/h5H,2-4H2,1H3. The van der Waals surface area contributed by atoms with Crippen LogP contribution >= 0.6 is 0 Å². The predicted molar refractivity (Wildman–Crippen MR) is 45.5 cm³/mol. The fourth-order valence-electron chi connectivity index (χ4n) is 1.63. The van der Waals surface area contributed by atoms with E-state index < -0.39 is 5.92 Å². The molecule has 1 aromatic heterocycles. The third kappa shape index (κ3) is 1.43. The Balaban J connectivity index is 2.19. The third-order valence-corrected chi connectivity index (χ3v) is 2.35. The number of hydrogen-bond donors (Lipinski definition) is 0. The van der Waals surface area contributed by atoms with Crippen molar-refractivity contribution in [2.75, 3.05) is 0 Å². The largest absolute Gasteiger partial charge is 0.299 e. The minimum absolute atomic E-state index is 0.00227. The summed E-state index contributed by atoms with van der Waals surface area (Å²) < 4.78 is 0. The number of tetrazole rings is 1. The predicted octanol–water partition coefficient (Wildman–Crippen LogP) is -0.238. The topological polar surface area (TPSA) is 77.7 Å². The van der Waals surface area contributed by atoms with Gasteiger partial charge in [0.1, 0.15) is 5.78 Å². The maximum Gasteiger partial charge on any atom is 0.241 e. The summed E-state index contributed by atoms with van der Waals surface area (Å²) in [5.41, 5.74) is 0. The summed E-state index contributed by atoms with van der Waals surface area (Å²) in [5.74, 6) is -0.769. The van der Waals surface area contributed by atoms with Gasteiger partial charge in [0.15, 0.2) is 0 Å². The van der Waals surface area contributed by atoms with Gasteiger partial charge in [-0.2, -0.15) is 4.80 Å². The Morgan fingerprint density at radius 2 is 2.36 bits per heavy atom. The molecule has 0 aliphatic heterocycles. The zero-order valence-electron chi connectivity index (χ0n) is 7.80. The molecule has 0 amide bonds. The van der Waals surface area contributed by atoms with Crippen LogP contribution in [0, 0.1) is 5.92 Å². The monoisotopic (exact) mass is 194 g/mol. The van der Waals surface area contributed by atoms with Crippen molar-refractivity contribution in [3.63, 3.8) is 0 Å². The minimum atomic E-state index is -0.529. The van der Waals surface area contributed by atoms with Gasteiger partial charge in [-0.25, -0.2) is 0 Å². The van der Waals surface area contributed by atoms with Crippen LogP contribution in [0.3, 0.4) is 0 Å². The van der Waals surface area contributed by atoms with Gasteiger partial charge in [0.05, 0.1) is 13.0 Å². The molecule has 0 radical (unpaired) electrons. The summed E-state index contributed by atoms with van der Waals surface area (Å²) in [5, 5.41) is 10.9. The van der Waals surface area contributed by atoms with Crippen molar-refractivity contribution in [3.05, 3.63) is 5.82 Å². The second kappa shape index (κ2) is 3.28. The number of Topliss-reactive ketones (excluding diaryl/α,β-unsaturated/α-hetero) is 2. The van der Waals surface area contributed by atoms with E-state index in [1.54, 1.807) is 7.05 Å². The molecule has 6 nitrogen and oxygen atoms in total. The molecule has 0 bridgehead atoms. The van der Waals surface area contributed by atoms with Gasteiger partial charge in [-0.05, 0) is 18.1 Å². The molecular weight excluding hydrogens is 184 g/mol. The summed E-state index contributed by atoms with van der Waals surface area (Å²) in [6, 6.07) is 0. The molecule has 74 valence electrons. The molecule has 1 fully saturated rings. The Kier molecular flexibility index (Phi) is 2.11. The van der Waals surface area contributed by atoms with Crippen LogP contribution in [0.2, 0.25) is 0 Å². The Hall–Kier alpha value is -1.59. The first-order chi connectivity index (χ1) is 6.68. The zero-order valence-corrected chi connectivity index (χ0v) is 7.80. The van der Waals surface area contributed by atoms with Crippen LogP contribution in [-0.2, 0) is 11.8 Å². The summed E-state index contributed by atoms with van der Waals surface area (Å²) in [7, 11) is 1.58. The lowest BCUT2D eigenvalue weighted by molar-refractivity contribution is -0.119. The molecule has 2 rings (SSSR count). The van der Waals surface area contributed by atoms with Gasteiger partial charge < -0.3 is 0 Å². The van der Waals surface area contributed by atoms with Gasteiger partial charge in [-0.3, -0.25) is 9.59 Å². The molecule has 1 unspecified atom stereocenters. The quantitative estimate of drug-likeness (QED) is 0.479. The van der Waals surface area contributed by atoms with Crippen LogP contribution in [-0.4, -0.2) is 31.8 Å². The number of carbonyl (C=O) groups is 2. The van der Waals surface area contributed by atoms with E-state index in [4.69, 9.17) is 0 Å². The molecule has 0 aromatic carbocycles. The lowest BCUT2D eigenvalue weighted by atomic mass is 10.0. The van der Waals surface area contributed by atoms with Gasteiger partial charge >= 0.3 is 0 Å². The molecule has 0 N–H and O–H groups in total. The molecule has 6 heteroatoms. The molecule has 1 atom stereocenters. The molecule has 14 heavy (non-hydrogen) atoms. The van der Waals surface area contributed by atoms with Crippen molar-refractivity contribution < 1.29 is 9.59 Å². The highest BCUT2D eigenvalue weighted by atomic mass is 16.2. The number of aromatic nitrogens is 4. The fraction of sp³-hybridized carbons (Fsp3) is 0.625. The number of hydrogen-bond acceptors (Lipinski definition) is 5.